The zero-order valence-corrected chi connectivity index (χ0v) is 15.1. The Labute approximate surface area is 148 Å². The lowest BCUT2D eigenvalue weighted by atomic mass is 10.3. The third kappa shape index (κ3) is 5.98. The van der Waals surface area contributed by atoms with Gasteiger partial charge in [-0.3, -0.25) is 4.79 Å². The van der Waals surface area contributed by atoms with Crippen molar-refractivity contribution in [1.29, 1.82) is 0 Å². The predicted molar refractivity (Wildman–Crippen MR) is 94.8 cm³/mol. The SMILES string of the molecule is COCCNC(=O)[C@@H](C)Sc1nnc(Nc2cccc(Cl)c2)s1. The van der Waals surface area contributed by atoms with Crippen molar-refractivity contribution in [3.63, 3.8) is 0 Å². The first-order chi connectivity index (χ1) is 11.1. The minimum absolute atomic E-state index is 0.0494. The van der Waals surface area contributed by atoms with Crippen molar-refractivity contribution in [2.24, 2.45) is 0 Å². The molecule has 9 heteroatoms. The number of anilines is 2. The van der Waals surface area contributed by atoms with Gasteiger partial charge in [-0.15, -0.1) is 10.2 Å². The fourth-order valence-corrected chi connectivity index (χ4v) is 3.75. The second kappa shape index (κ2) is 9.07. The molecular weight excluding hydrogens is 356 g/mol. The average molecular weight is 373 g/mol. The standard InChI is InChI=1S/C14H17ClN4O2S2/c1-9(12(20)16-6-7-21-2)22-14-19-18-13(23-14)17-11-5-3-4-10(15)8-11/h3-5,8-9H,6-7H2,1-2H3,(H,16,20)(H,17,18)/t9-/m1/s1. The van der Waals surface area contributed by atoms with E-state index in [4.69, 9.17) is 16.3 Å². The Balaban J connectivity index is 1.88. The van der Waals surface area contributed by atoms with Crippen LogP contribution in [-0.4, -0.2) is 41.6 Å². The van der Waals surface area contributed by atoms with Crippen LogP contribution < -0.4 is 10.6 Å². The predicted octanol–water partition coefficient (Wildman–Crippen LogP) is 3.18. The molecule has 1 aromatic heterocycles. The first kappa shape index (κ1) is 18.0. The van der Waals surface area contributed by atoms with Gasteiger partial charge in [0.2, 0.25) is 11.0 Å². The van der Waals surface area contributed by atoms with Crippen molar-refractivity contribution in [3.05, 3.63) is 29.3 Å². The summed E-state index contributed by atoms with van der Waals surface area (Å²) in [5.41, 5.74) is 0.843. The quantitative estimate of drug-likeness (QED) is 0.547. The van der Waals surface area contributed by atoms with E-state index in [0.29, 0.717) is 23.3 Å². The van der Waals surface area contributed by atoms with Gasteiger partial charge in [0.25, 0.3) is 0 Å². The van der Waals surface area contributed by atoms with Gasteiger partial charge in [-0.05, 0) is 25.1 Å². The Kier molecular flexibility index (Phi) is 7.10. The van der Waals surface area contributed by atoms with Crippen LogP contribution in [0.4, 0.5) is 10.8 Å². The Bertz CT molecular complexity index is 653. The minimum atomic E-state index is -0.251. The number of thioether (sulfide) groups is 1. The van der Waals surface area contributed by atoms with E-state index in [1.54, 1.807) is 13.2 Å². The number of carbonyl (C=O) groups is 1. The van der Waals surface area contributed by atoms with Gasteiger partial charge in [0.05, 0.1) is 11.9 Å². The molecule has 6 nitrogen and oxygen atoms in total. The van der Waals surface area contributed by atoms with Gasteiger partial charge in [-0.1, -0.05) is 40.8 Å². The number of halogens is 1. The van der Waals surface area contributed by atoms with E-state index in [1.165, 1.54) is 23.1 Å². The summed E-state index contributed by atoms with van der Waals surface area (Å²) in [5.74, 6) is -0.0494. The van der Waals surface area contributed by atoms with E-state index >= 15 is 0 Å². The van der Waals surface area contributed by atoms with E-state index < -0.39 is 0 Å². The molecule has 2 aromatic rings. The van der Waals surface area contributed by atoms with Gasteiger partial charge < -0.3 is 15.4 Å². The number of nitrogens with one attached hydrogen (secondary N) is 2. The molecule has 1 heterocycles. The van der Waals surface area contributed by atoms with Crippen molar-refractivity contribution < 1.29 is 9.53 Å². The molecule has 0 radical (unpaired) electrons. The summed E-state index contributed by atoms with van der Waals surface area (Å²) < 4.78 is 5.62. The summed E-state index contributed by atoms with van der Waals surface area (Å²) in [6.45, 7) is 2.83. The molecule has 0 aliphatic carbocycles. The van der Waals surface area contributed by atoms with Crippen LogP contribution in [0, 0.1) is 0 Å². The monoisotopic (exact) mass is 372 g/mol. The van der Waals surface area contributed by atoms with Crippen LogP contribution in [0.25, 0.3) is 0 Å². The van der Waals surface area contributed by atoms with Crippen LogP contribution >= 0.6 is 34.7 Å². The second-order valence-electron chi connectivity index (χ2n) is 4.55. The number of methoxy groups -OCH3 is 1. The number of rotatable bonds is 8. The normalized spacial score (nSPS) is 12.0. The van der Waals surface area contributed by atoms with Crippen LogP contribution in [0.15, 0.2) is 28.6 Å². The summed E-state index contributed by atoms with van der Waals surface area (Å²) >= 11 is 8.70. The number of benzene rings is 1. The molecule has 23 heavy (non-hydrogen) atoms. The third-order valence-electron chi connectivity index (χ3n) is 2.73. The van der Waals surface area contributed by atoms with Gasteiger partial charge in [-0.2, -0.15) is 0 Å². The van der Waals surface area contributed by atoms with Crippen molar-refractivity contribution in [2.45, 2.75) is 16.5 Å². The fourth-order valence-electron chi connectivity index (χ4n) is 1.62. The lowest BCUT2D eigenvalue weighted by Gasteiger charge is -2.09. The van der Waals surface area contributed by atoms with E-state index in [0.717, 1.165) is 10.0 Å². The minimum Gasteiger partial charge on any atom is -0.383 e. The molecule has 0 aliphatic rings. The fraction of sp³-hybridized carbons (Fsp3) is 0.357. The van der Waals surface area contributed by atoms with Crippen LogP contribution in [0.3, 0.4) is 0 Å². The van der Waals surface area contributed by atoms with E-state index in [9.17, 15) is 4.79 Å². The molecule has 1 aromatic carbocycles. The summed E-state index contributed by atoms with van der Waals surface area (Å²) in [6, 6.07) is 7.36. The molecule has 0 spiro atoms. The number of nitrogens with zero attached hydrogens (tertiary/aromatic N) is 2. The van der Waals surface area contributed by atoms with Crippen molar-refractivity contribution >= 4 is 51.4 Å². The molecule has 124 valence electrons. The molecule has 0 saturated heterocycles. The second-order valence-corrected chi connectivity index (χ2v) is 7.55. The Morgan fingerprint density at radius 1 is 1.48 bits per heavy atom. The van der Waals surface area contributed by atoms with Crippen LogP contribution in [0.5, 0.6) is 0 Å². The van der Waals surface area contributed by atoms with Gasteiger partial charge >= 0.3 is 0 Å². The summed E-state index contributed by atoms with van der Waals surface area (Å²) in [5, 5.41) is 15.1. The maximum atomic E-state index is 11.9. The highest BCUT2D eigenvalue weighted by Gasteiger charge is 2.16. The number of carbonyl (C=O) groups excluding carboxylic acids is 1. The van der Waals surface area contributed by atoms with E-state index in [-0.39, 0.29) is 11.2 Å². The first-order valence-electron chi connectivity index (χ1n) is 6.88. The van der Waals surface area contributed by atoms with Crippen LogP contribution in [0.1, 0.15) is 6.92 Å². The van der Waals surface area contributed by atoms with Gasteiger partial charge in [0, 0.05) is 24.4 Å². The van der Waals surface area contributed by atoms with Gasteiger partial charge in [0.1, 0.15) is 0 Å². The largest absolute Gasteiger partial charge is 0.383 e. The van der Waals surface area contributed by atoms with Crippen LogP contribution in [-0.2, 0) is 9.53 Å². The molecule has 0 bridgehead atoms. The van der Waals surface area contributed by atoms with Crippen molar-refractivity contribution in [1.82, 2.24) is 15.5 Å². The molecule has 2 rings (SSSR count). The summed E-state index contributed by atoms with van der Waals surface area (Å²) in [7, 11) is 1.60. The lowest BCUT2D eigenvalue weighted by molar-refractivity contribution is -0.120. The van der Waals surface area contributed by atoms with E-state index in [1.807, 2.05) is 25.1 Å². The molecular formula is C14H17ClN4O2S2. The third-order valence-corrected chi connectivity index (χ3v) is 4.99. The van der Waals surface area contributed by atoms with E-state index in [2.05, 4.69) is 20.8 Å². The highest BCUT2D eigenvalue weighted by Crippen LogP contribution is 2.30. The molecule has 0 fully saturated rings. The van der Waals surface area contributed by atoms with Crippen molar-refractivity contribution in [3.8, 4) is 0 Å². The molecule has 0 unspecified atom stereocenters. The smallest absolute Gasteiger partial charge is 0.233 e. The lowest BCUT2D eigenvalue weighted by Crippen LogP contribution is -2.33. The number of ether oxygens (including phenoxy) is 1. The zero-order chi connectivity index (χ0) is 16.7. The number of amides is 1. The van der Waals surface area contributed by atoms with Crippen LogP contribution in [0.2, 0.25) is 5.02 Å². The average Bonchev–Trinajstić information content (AvgIpc) is 2.94. The Morgan fingerprint density at radius 3 is 3.04 bits per heavy atom. The maximum absolute atomic E-state index is 11.9. The number of hydrogen-bond donors (Lipinski definition) is 2. The Morgan fingerprint density at radius 2 is 2.30 bits per heavy atom. The molecule has 1 atom stereocenters. The summed E-state index contributed by atoms with van der Waals surface area (Å²) in [4.78, 5) is 11.9. The number of aromatic nitrogens is 2. The number of hydrogen-bond acceptors (Lipinski definition) is 7. The summed E-state index contributed by atoms with van der Waals surface area (Å²) in [6.07, 6.45) is 0. The topological polar surface area (TPSA) is 76.1 Å². The highest BCUT2D eigenvalue weighted by atomic mass is 35.5. The zero-order valence-electron chi connectivity index (χ0n) is 12.7. The Hall–Kier alpha value is -1.35. The molecule has 0 aliphatic heterocycles. The molecule has 2 N–H and O–H groups in total. The highest BCUT2D eigenvalue weighted by molar-refractivity contribution is 8.02. The van der Waals surface area contributed by atoms with Gasteiger partial charge in [0.15, 0.2) is 4.34 Å². The molecule has 1 amide bonds. The maximum Gasteiger partial charge on any atom is 0.233 e. The van der Waals surface area contributed by atoms with Crippen molar-refractivity contribution in [2.75, 3.05) is 25.6 Å². The van der Waals surface area contributed by atoms with Gasteiger partial charge in [-0.25, -0.2) is 0 Å². The molecule has 0 saturated carbocycles. The first-order valence-corrected chi connectivity index (χ1v) is 8.95.